The van der Waals surface area contributed by atoms with E-state index in [0.717, 1.165) is 0 Å². The number of para-hydroxylation sites is 1. The van der Waals surface area contributed by atoms with Crippen molar-refractivity contribution in [1.29, 1.82) is 0 Å². The van der Waals surface area contributed by atoms with Crippen molar-refractivity contribution in [2.75, 3.05) is 0 Å². The molecule has 1 aliphatic rings. The van der Waals surface area contributed by atoms with Crippen LogP contribution in [0.1, 0.15) is 11.7 Å². The van der Waals surface area contributed by atoms with Crippen LogP contribution in [0.15, 0.2) is 53.5 Å². The highest BCUT2D eigenvalue weighted by atomic mass is 19.1. The number of fused-ring (bicyclic) bond motifs is 1. The average molecular weight is 285 g/mol. The molecule has 3 rings (SSSR count). The van der Waals surface area contributed by atoms with Crippen LogP contribution < -0.4 is 4.74 Å². The molecule has 0 saturated heterocycles. The first-order valence-electron chi connectivity index (χ1n) is 6.43. The summed E-state index contributed by atoms with van der Waals surface area (Å²) in [4.78, 5) is 16.0. The lowest BCUT2D eigenvalue weighted by Crippen LogP contribution is -2.32. The molecule has 2 atom stereocenters. The molecule has 0 bridgehead atoms. The summed E-state index contributed by atoms with van der Waals surface area (Å²) in [7, 11) is 0. The molecule has 0 amide bonds. The van der Waals surface area contributed by atoms with E-state index < -0.39 is 18.0 Å². The highest BCUT2D eigenvalue weighted by Crippen LogP contribution is 2.35. The number of carbonyl (C=O) groups excluding carboxylic acids is 1. The molecule has 106 valence electrons. The summed E-state index contributed by atoms with van der Waals surface area (Å²) in [5.41, 5.74) is 1.04. The molecule has 0 saturated carbocycles. The third-order valence-corrected chi connectivity index (χ3v) is 3.27. The Kier molecular flexibility index (Phi) is 3.50. The van der Waals surface area contributed by atoms with Gasteiger partial charge < -0.3 is 9.84 Å². The minimum absolute atomic E-state index is 0.361. The van der Waals surface area contributed by atoms with Crippen LogP contribution in [0.4, 0.5) is 10.1 Å². The number of hydrogen-bond donors (Lipinski definition) is 1. The number of nitrogens with zero attached hydrogens (tertiary/aromatic N) is 1. The summed E-state index contributed by atoms with van der Waals surface area (Å²) in [6, 6.07) is 12.3. The molecule has 0 unspecified atom stereocenters. The average Bonchev–Trinajstić information content (AvgIpc) is 2.49. The number of carbonyl (C=O) groups is 1. The third-order valence-electron chi connectivity index (χ3n) is 3.27. The van der Waals surface area contributed by atoms with Gasteiger partial charge in [-0.15, -0.1) is 0 Å². The van der Waals surface area contributed by atoms with Gasteiger partial charge >= 0.3 is 5.97 Å². The van der Waals surface area contributed by atoms with Crippen LogP contribution in [0, 0.1) is 11.7 Å². The molecule has 1 N–H and O–H groups in total. The number of hydrogen-bond acceptors (Lipinski definition) is 4. The number of aliphatic hydroxyl groups excluding tert-OH is 1. The molecular weight excluding hydrogens is 273 g/mol. The topological polar surface area (TPSA) is 58.9 Å². The van der Waals surface area contributed by atoms with Crippen molar-refractivity contribution in [2.24, 2.45) is 10.9 Å². The molecule has 4 nitrogen and oxygen atoms in total. The SMILES string of the molecule is O=C1Oc2ccccc2[C@H](O)[C@@H]1C=Nc1ccc(F)cc1. The second-order valence-corrected chi connectivity index (χ2v) is 4.68. The molecule has 2 aromatic carbocycles. The number of aliphatic hydroxyl groups is 1. The molecule has 1 aliphatic heterocycles. The number of halogens is 1. The van der Waals surface area contributed by atoms with Gasteiger partial charge in [0.25, 0.3) is 0 Å². The normalized spacial score (nSPS) is 21.1. The van der Waals surface area contributed by atoms with Crippen LogP contribution in [0.2, 0.25) is 0 Å². The first-order valence-corrected chi connectivity index (χ1v) is 6.43. The summed E-state index contributed by atoms with van der Waals surface area (Å²) in [6.45, 7) is 0. The summed E-state index contributed by atoms with van der Waals surface area (Å²) >= 11 is 0. The molecule has 2 aromatic rings. The van der Waals surface area contributed by atoms with Gasteiger partial charge in [0.2, 0.25) is 0 Å². The number of esters is 1. The van der Waals surface area contributed by atoms with Gasteiger partial charge in [0.15, 0.2) is 0 Å². The van der Waals surface area contributed by atoms with E-state index in [1.165, 1.54) is 30.5 Å². The lowest BCUT2D eigenvalue weighted by molar-refractivity contribution is -0.141. The van der Waals surface area contributed by atoms with Crippen LogP contribution in [0.25, 0.3) is 0 Å². The summed E-state index contributed by atoms with van der Waals surface area (Å²) in [5, 5.41) is 10.3. The van der Waals surface area contributed by atoms with Gasteiger partial charge in [-0.25, -0.2) is 4.39 Å². The highest BCUT2D eigenvalue weighted by Gasteiger charge is 2.35. The maximum absolute atomic E-state index is 12.8. The van der Waals surface area contributed by atoms with E-state index >= 15 is 0 Å². The Morgan fingerprint density at radius 1 is 1.14 bits per heavy atom. The van der Waals surface area contributed by atoms with Gasteiger partial charge in [-0.1, -0.05) is 18.2 Å². The zero-order valence-electron chi connectivity index (χ0n) is 10.9. The monoisotopic (exact) mass is 285 g/mol. The molecule has 21 heavy (non-hydrogen) atoms. The van der Waals surface area contributed by atoms with Crippen molar-refractivity contribution >= 4 is 17.9 Å². The van der Waals surface area contributed by atoms with E-state index in [2.05, 4.69) is 4.99 Å². The molecule has 0 spiro atoms. The maximum atomic E-state index is 12.8. The van der Waals surface area contributed by atoms with Crippen molar-refractivity contribution in [3.05, 3.63) is 59.9 Å². The van der Waals surface area contributed by atoms with E-state index in [0.29, 0.717) is 17.0 Å². The van der Waals surface area contributed by atoms with Crippen LogP contribution in [-0.4, -0.2) is 17.3 Å². The van der Waals surface area contributed by atoms with E-state index in [9.17, 15) is 14.3 Å². The first kappa shape index (κ1) is 13.5. The third kappa shape index (κ3) is 2.68. The van der Waals surface area contributed by atoms with Gasteiger partial charge in [0.05, 0.1) is 5.69 Å². The Labute approximate surface area is 120 Å². The van der Waals surface area contributed by atoms with Crippen molar-refractivity contribution in [2.45, 2.75) is 6.10 Å². The molecule has 1 heterocycles. The van der Waals surface area contributed by atoms with Gasteiger partial charge in [-0.3, -0.25) is 9.79 Å². The number of aliphatic imine (C=N–C) groups is 1. The summed E-state index contributed by atoms with van der Waals surface area (Å²) in [6.07, 6.45) is 0.322. The van der Waals surface area contributed by atoms with Crippen molar-refractivity contribution in [1.82, 2.24) is 0 Å². The second kappa shape index (κ2) is 5.46. The van der Waals surface area contributed by atoms with Gasteiger partial charge in [0, 0.05) is 11.8 Å². The molecule has 0 radical (unpaired) electrons. The number of rotatable bonds is 2. The lowest BCUT2D eigenvalue weighted by atomic mass is 9.93. The Morgan fingerprint density at radius 3 is 2.62 bits per heavy atom. The van der Waals surface area contributed by atoms with Crippen LogP contribution in [0.5, 0.6) is 5.75 Å². The fourth-order valence-corrected chi connectivity index (χ4v) is 2.15. The van der Waals surface area contributed by atoms with Gasteiger partial charge in [0.1, 0.15) is 23.6 Å². The predicted octanol–water partition coefficient (Wildman–Crippen LogP) is 2.80. The van der Waals surface area contributed by atoms with Gasteiger partial charge in [-0.05, 0) is 30.3 Å². The second-order valence-electron chi connectivity index (χ2n) is 4.68. The summed E-state index contributed by atoms with van der Waals surface area (Å²) < 4.78 is 18.0. The van der Waals surface area contributed by atoms with E-state index in [4.69, 9.17) is 4.74 Å². The zero-order chi connectivity index (χ0) is 14.8. The number of benzene rings is 2. The number of ether oxygens (including phenoxy) is 1. The Balaban J connectivity index is 1.86. The lowest BCUT2D eigenvalue weighted by Gasteiger charge is -2.25. The van der Waals surface area contributed by atoms with E-state index in [1.54, 1.807) is 24.3 Å². The fourth-order valence-electron chi connectivity index (χ4n) is 2.15. The van der Waals surface area contributed by atoms with Gasteiger partial charge in [-0.2, -0.15) is 0 Å². The Bertz CT molecular complexity index is 697. The standard InChI is InChI=1S/C16H12FNO3/c17-10-5-7-11(8-6-10)18-9-13-15(19)12-3-1-2-4-14(12)21-16(13)20/h1-9,13,15,19H/t13-,15-/m0/s1. The minimum atomic E-state index is -1.01. The van der Waals surface area contributed by atoms with Crippen molar-refractivity contribution in [3.8, 4) is 5.75 Å². The zero-order valence-corrected chi connectivity index (χ0v) is 10.9. The summed E-state index contributed by atoms with van der Waals surface area (Å²) in [5.74, 6) is -1.45. The molecule has 0 fully saturated rings. The molecular formula is C16H12FNO3. The van der Waals surface area contributed by atoms with Crippen LogP contribution >= 0.6 is 0 Å². The first-order chi connectivity index (χ1) is 10.1. The Hall–Kier alpha value is -2.53. The van der Waals surface area contributed by atoms with Crippen LogP contribution in [0.3, 0.4) is 0 Å². The smallest absolute Gasteiger partial charge is 0.322 e. The molecule has 0 aliphatic carbocycles. The van der Waals surface area contributed by atoms with Crippen LogP contribution in [-0.2, 0) is 4.79 Å². The highest BCUT2D eigenvalue weighted by molar-refractivity contribution is 5.94. The fraction of sp³-hybridized carbons (Fsp3) is 0.125. The quantitative estimate of drug-likeness (QED) is 0.524. The minimum Gasteiger partial charge on any atom is -0.426 e. The maximum Gasteiger partial charge on any atom is 0.322 e. The molecule has 0 aromatic heterocycles. The largest absolute Gasteiger partial charge is 0.426 e. The van der Waals surface area contributed by atoms with Crippen molar-refractivity contribution < 1.29 is 19.0 Å². The van der Waals surface area contributed by atoms with Crippen molar-refractivity contribution in [3.63, 3.8) is 0 Å². The predicted molar refractivity (Wildman–Crippen MR) is 75.1 cm³/mol. The Morgan fingerprint density at radius 2 is 1.86 bits per heavy atom. The van der Waals surface area contributed by atoms with E-state index in [-0.39, 0.29) is 5.82 Å². The molecule has 5 heteroatoms. The van der Waals surface area contributed by atoms with E-state index in [1.807, 2.05) is 0 Å².